The molecule has 3 rings (SSSR count). The van der Waals surface area contributed by atoms with Crippen LogP contribution in [0, 0.1) is 10.1 Å². The van der Waals surface area contributed by atoms with Crippen molar-refractivity contribution in [2.45, 2.75) is 0 Å². The first-order chi connectivity index (χ1) is 11.6. The van der Waals surface area contributed by atoms with Gasteiger partial charge in [-0.2, -0.15) is 5.10 Å². The van der Waals surface area contributed by atoms with E-state index in [0.29, 0.717) is 11.5 Å². The summed E-state index contributed by atoms with van der Waals surface area (Å²) in [6.45, 7) is 0. The number of rotatable bonds is 5. The molecule has 0 unspecified atom stereocenters. The van der Waals surface area contributed by atoms with Crippen LogP contribution in [0.3, 0.4) is 0 Å². The van der Waals surface area contributed by atoms with Gasteiger partial charge in [-0.1, -0.05) is 28.1 Å². The van der Waals surface area contributed by atoms with Gasteiger partial charge in [0.25, 0.3) is 0 Å². The minimum Gasteiger partial charge on any atom is -0.455 e. The Labute approximate surface area is 145 Å². The molecule has 3 aromatic rings. The molecule has 8 heteroatoms. The van der Waals surface area contributed by atoms with Gasteiger partial charge in [0.1, 0.15) is 11.5 Å². The largest absolute Gasteiger partial charge is 0.455 e. The number of hydrazone groups is 1. The minimum absolute atomic E-state index is 0.0680. The molecule has 1 N–H and O–H groups in total. The molecule has 0 spiro atoms. The van der Waals surface area contributed by atoms with Crippen LogP contribution in [0.2, 0.25) is 0 Å². The summed E-state index contributed by atoms with van der Waals surface area (Å²) in [6.07, 6.45) is 2.88. The Morgan fingerprint density at radius 3 is 2.75 bits per heavy atom. The summed E-state index contributed by atoms with van der Waals surface area (Å²) >= 11 is 3.38. The Morgan fingerprint density at radius 2 is 2.00 bits per heavy atom. The zero-order valence-electron chi connectivity index (χ0n) is 12.2. The fourth-order valence-corrected chi connectivity index (χ4v) is 2.24. The van der Waals surface area contributed by atoms with Crippen molar-refractivity contribution < 1.29 is 9.34 Å². The van der Waals surface area contributed by atoms with Gasteiger partial charge in [0.15, 0.2) is 0 Å². The first-order valence-corrected chi connectivity index (χ1v) is 7.67. The molecule has 0 aliphatic heterocycles. The molecule has 0 amide bonds. The van der Waals surface area contributed by atoms with Crippen molar-refractivity contribution in [3.8, 4) is 11.3 Å². The summed E-state index contributed by atoms with van der Waals surface area (Å²) in [4.78, 5) is 14.3. The van der Waals surface area contributed by atoms with E-state index in [0.717, 1.165) is 10.0 Å². The van der Waals surface area contributed by atoms with E-state index < -0.39 is 4.92 Å². The molecule has 2 heterocycles. The molecule has 0 saturated carbocycles. The summed E-state index contributed by atoms with van der Waals surface area (Å²) in [6, 6.07) is 14.1. The molecule has 0 aliphatic rings. The van der Waals surface area contributed by atoms with Crippen LogP contribution in [0.15, 0.2) is 68.7 Å². The van der Waals surface area contributed by atoms with Crippen molar-refractivity contribution >= 4 is 33.6 Å². The number of nitro groups is 1. The van der Waals surface area contributed by atoms with E-state index in [1.165, 1.54) is 24.5 Å². The number of hydrogen-bond donors (Lipinski definition) is 1. The van der Waals surface area contributed by atoms with E-state index in [1.807, 2.05) is 30.3 Å². The molecule has 0 radical (unpaired) electrons. The van der Waals surface area contributed by atoms with Crippen LogP contribution < -0.4 is 5.43 Å². The number of anilines is 1. The lowest BCUT2D eigenvalue weighted by Crippen LogP contribution is -1.98. The standard InChI is InChI=1S/C16H11BrN4O3/c17-12-5-3-11(4-6-12)15-8-7-13(24-15)10-19-20-16-14(21(22)23)2-1-9-18-16/h1-10H,(H,18,20)/b19-10+. The highest BCUT2D eigenvalue weighted by Crippen LogP contribution is 2.24. The van der Waals surface area contributed by atoms with Gasteiger partial charge in [0.2, 0.25) is 5.82 Å². The Bertz CT molecular complexity index is 890. The topological polar surface area (TPSA) is 93.6 Å². The van der Waals surface area contributed by atoms with Gasteiger partial charge < -0.3 is 4.42 Å². The smallest absolute Gasteiger partial charge is 0.313 e. The number of pyridine rings is 1. The van der Waals surface area contributed by atoms with Crippen molar-refractivity contribution in [2.75, 3.05) is 5.43 Å². The SMILES string of the molecule is O=[N+]([O-])c1cccnc1N/N=C/c1ccc(-c2ccc(Br)cc2)o1. The molecule has 0 bridgehead atoms. The molecule has 0 fully saturated rings. The van der Waals surface area contributed by atoms with Crippen molar-refractivity contribution in [1.82, 2.24) is 4.98 Å². The maximum atomic E-state index is 10.9. The summed E-state index contributed by atoms with van der Waals surface area (Å²) in [5.74, 6) is 1.28. The molecular formula is C16H11BrN4O3. The third-order valence-electron chi connectivity index (χ3n) is 3.10. The van der Waals surface area contributed by atoms with Crippen LogP contribution in [0.5, 0.6) is 0 Å². The van der Waals surface area contributed by atoms with Gasteiger partial charge >= 0.3 is 5.69 Å². The molecule has 7 nitrogen and oxygen atoms in total. The highest BCUT2D eigenvalue weighted by atomic mass is 79.9. The van der Waals surface area contributed by atoms with E-state index in [1.54, 1.807) is 6.07 Å². The van der Waals surface area contributed by atoms with Crippen molar-refractivity contribution in [2.24, 2.45) is 5.10 Å². The first-order valence-electron chi connectivity index (χ1n) is 6.88. The number of benzene rings is 1. The second-order valence-corrected chi connectivity index (χ2v) is 5.62. The molecule has 0 saturated heterocycles. The number of nitrogens with zero attached hydrogens (tertiary/aromatic N) is 3. The second-order valence-electron chi connectivity index (χ2n) is 4.71. The fourth-order valence-electron chi connectivity index (χ4n) is 1.98. The van der Waals surface area contributed by atoms with Crippen LogP contribution in [0.4, 0.5) is 11.5 Å². The zero-order chi connectivity index (χ0) is 16.9. The van der Waals surface area contributed by atoms with Crippen molar-refractivity contribution in [3.05, 3.63) is 75.1 Å². The van der Waals surface area contributed by atoms with Crippen molar-refractivity contribution in [3.63, 3.8) is 0 Å². The van der Waals surface area contributed by atoms with E-state index in [-0.39, 0.29) is 11.5 Å². The van der Waals surface area contributed by atoms with Crippen LogP contribution in [0.25, 0.3) is 11.3 Å². The molecular weight excluding hydrogens is 376 g/mol. The van der Waals surface area contributed by atoms with E-state index in [4.69, 9.17) is 4.42 Å². The molecule has 2 aromatic heterocycles. The molecule has 0 atom stereocenters. The number of nitrogens with one attached hydrogen (secondary N) is 1. The molecule has 24 heavy (non-hydrogen) atoms. The Balaban J connectivity index is 1.72. The summed E-state index contributed by atoms with van der Waals surface area (Å²) < 4.78 is 6.65. The maximum Gasteiger partial charge on any atom is 0.313 e. The number of hydrogen-bond acceptors (Lipinski definition) is 6. The first kappa shape index (κ1) is 15.9. The lowest BCUT2D eigenvalue weighted by Gasteiger charge is -1.99. The van der Waals surface area contributed by atoms with Crippen LogP contribution >= 0.6 is 15.9 Å². The van der Waals surface area contributed by atoms with Crippen LogP contribution in [-0.2, 0) is 0 Å². The Morgan fingerprint density at radius 1 is 1.21 bits per heavy atom. The normalized spacial score (nSPS) is 10.9. The highest BCUT2D eigenvalue weighted by Gasteiger charge is 2.13. The minimum atomic E-state index is -0.524. The molecule has 1 aromatic carbocycles. The molecule has 0 aliphatic carbocycles. The van der Waals surface area contributed by atoms with Gasteiger partial charge in [-0.05, 0) is 30.3 Å². The van der Waals surface area contributed by atoms with Crippen molar-refractivity contribution in [1.29, 1.82) is 0 Å². The number of furan rings is 1. The monoisotopic (exact) mass is 386 g/mol. The fraction of sp³-hybridized carbons (Fsp3) is 0. The Kier molecular flexibility index (Phi) is 4.66. The van der Waals surface area contributed by atoms with Crippen LogP contribution in [0.1, 0.15) is 5.76 Å². The predicted molar refractivity (Wildman–Crippen MR) is 94.0 cm³/mol. The third-order valence-corrected chi connectivity index (χ3v) is 3.63. The second kappa shape index (κ2) is 7.05. The van der Waals surface area contributed by atoms with Gasteiger partial charge in [-0.3, -0.25) is 15.5 Å². The summed E-state index contributed by atoms with van der Waals surface area (Å²) in [7, 11) is 0. The van der Waals surface area contributed by atoms with Gasteiger partial charge in [-0.15, -0.1) is 0 Å². The zero-order valence-corrected chi connectivity index (χ0v) is 13.8. The average molecular weight is 387 g/mol. The highest BCUT2D eigenvalue weighted by molar-refractivity contribution is 9.10. The predicted octanol–water partition coefficient (Wildman–Crippen LogP) is 4.46. The van der Waals surface area contributed by atoms with Crippen LogP contribution in [-0.4, -0.2) is 16.1 Å². The van der Waals surface area contributed by atoms with E-state index >= 15 is 0 Å². The third kappa shape index (κ3) is 3.66. The lowest BCUT2D eigenvalue weighted by molar-refractivity contribution is -0.384. The number of aromatic nitrogens is 1. The quantitative estimate of drug-likeness (QED) is 0.396. The van der Waals surface area contributed by atoms with Gasteiger partial charge in [0, 0.05) is 22.3 Å². The average Bonchev–Trinajstić information content (AvgIpc) is 3.05. The maximum absolute atomic E-state index is 10.9. The molecule has 120 valence electrons. The summed E-state index contributed by atoms with van der Waals surface area (Å²) in [5, 5.41) is 14.8. The van der Waals surface area contributed by atoms with E-state index in [2.05, 4.69) is 31.4 Å². The van der Waals surface area contributed by atoms with Gasteiger partial charge in [-0.25, -0.2) is 4.98 Å². The van der Waals surface area contributed by atoms with Gasteiger partial charge in [0.05, 0.1) is 11.1 Å². The van der Waals surface area contributed by atoms with E-state index in [9.17, 15) is 10.1 Å². The summed E-state index contributed by atoms with van der Waals surface area (Å²) in [5.41, 5.74) is 3.34. The number of halogens is 1. The lowest BCUT2D eigenvalue weighted by atomic mass is 10.2. The Hall–Kier alpha value is -3.00.